The van der Waals surface area contributed by atoms with Crippen molar-refractivity contribution in [3.63, 3.8) is 0 Å². The zero-order chi connectivity index (χ0) is 14.2. The van der Waals surface area contributed by atoms with E-state index in [1.165, 1.54) is 4.88 Å². The number of hydrogen-bond donors (Lipinski definition) is 0. The van der Waals surface area contributed by atoms with Crippen molar-refractivity contribution in [3.8, 4) is 5.75 Å². The van der Waals surface area contributed by atoms with Crippen LogP contribution in [0.15, 0.2) is 53.0 Å². The molecule has 104 valence electrons. The van der Waals surface area contributed by atoms with Gasteiger partial charge in [-0.1, -0.05) is 29.4 Å². The van der Waals surface area contributed by atoms with Gasteiger partial charge in [-0.25, -0.2) is 4.79 Å². The van der Waals surface area contributed by atoms with Gasteiger partial charge in [0.05, 0.1) is 0 Å². The van der Waals surface area contributed by atoms with Gasteiger partial charge in [0.1, 0.15) is 5.75 Å². The van der Waals surface area contributed by atoms with Crippen LogP contribution < -0.4 is 4.74 Å². The second-order valence-electron chi connectivity index (χ2n) is 4.33. The molecular formula is C15H15NO3S. The molecule has 1 heterocycles. The molecule has 0 N–H and O–H groups in total. The molecule has 5 heteroatoms. The average Bonchev–Trinajstić information content (AvgIpc) is 2.98. The highest BCUT2D eigenvalue weighted by Gasteiger charge is 2.21. The van der Waals surface area contributed by atoms with Gasteiger partial charge in [-0.05, 0) is 42.8 Å². The molecule has 2 rings (SSSR count). The van der Waals surface area contributed by atoms with E-state index >= 15 is 0 Å². The number of nitrogens with zero attached hydrogens (tertiary/aromatic N) is 1. The van der Waals surface area contributed by atoms with Gasteiger partial charge in [0.15, 0.2) is 6.04 Å². The minimum Gasteiger partial charge on any atom is -0.425 e. The van der Waals surface area contributed by atoms with Crippen LogP contribution in [0.2, 0.25) is 0 Å². The van der Waals surface area contributed by atoms with Crippen LogP contribution in [0.5, 0.6) is 5.75 Å². The third kappa shape index (κ3) is 4.28. The lowest BCUT2D eigenvalue weighted by molar-refractivity contribution is -0.136. The van der Waals surface area contributed by atoms with Crippen LogP contribution in [0.3, 0.4) is 0 Å². The highest BCUT2D eigenvalue weighted by Crippen LogP contribution is 2.16. The van der Waals surface area contributed by atoms with Crippen molar-refractivity contribution >= 4 is 17.3 Å². The van der Waals surface area contributed by atoms with E-state index in [0.717, 1.165) is 12.8 Å². The quantitative estimate of drug-likeness (QED) is 0.442. The minimum absolute atomic E-state index is 0.410. The molecule has 2 aromatic rings. The summed E-state index contributed by atoms with van der Waals surface area (Å²) >= 11 is 1.67. The molecule has 0 saturated heterocycles. The van der Waals surface area contributed by atoms with Gasteiger partial charge in [-0.3, -0.25) is 0 Å². The molecular weight excluding hydrogens is 274 g/mol. The third-order valence-electron chi connectivity index (χ3n) is 2.84. The Labute approximate surface area is 121 Å². The summed E-state index contributed by atoms with van der Waals surface area (Å²) in [7, 11) is 0. The molecule has 0 saturated carbocycles. The lowest BCUT2D eigenvalue weighted by atomic mass is 10.1. The van der Waals surface area contributed by atoms with Crippen molar-refractivity contribution in [2.24, 2.45) is 5.18 Å². The number of carbonyl (C=O) groups excluding carboxylic acids is 1. The topological polar surface area (TPSA) is 55.7 Å². The van der Waals surface area contributed by atoms with E-state index in [4.69, 9.17) is 4.74 Å². The summed E-state index contributed by atoms with van der Waals surface area (Å²) in [6.45, 7) is 0. The van der Waals surface area contributed by atoms with E-state index in [9.17, 15) is 9.70 Å². The Balaban J connectivity index is 1.81. The molecule has 20 heavy (non-hydrogen) atoms. The number of para-hydroxylation sites is 1. The maximum absolute atomic E-state index is 11.8. The molecule has 1 atom stereocenters. The van der Waals surface area contributed by atoms with Crippen LogP contribution in [0, 0.1) is 4.91 Å². The van der Waals surface area contributed by atoms with Gasteiger partial charge in [-0.2, -0.15) is 0 Å². The fraction of sp³-hybridized carbons (Fsp3) is 0.267. The van der Waals surface area contributed by atoms with Crippen LogP contribution in [-0.4, -0.2) is 12.0 Å². The fourth-order valence-electron chi connectivity index (χ4n) is 1.81. The van der Waals surface area contributed by atoms with Crippen LogP contribution in [0.25, 0.3) is 0 Å². The highest BCUT2D eigenvalue weighted by molar-refractivity contribution is 7.09. The summed E-state index contributed by atoms with van der Waals surface area (Å²) < 4.78 is 5.13. The summed E-state index contributed by atoms with van der Waals surface area (Å²) in [4.78, 5) is 23.8. The molecule has 0 radical (unpaired) electrons. The van der Waals surface area contributed by atoms with Crippen molar-refractivity contribution in [1.82, 2.24) is 0 Å². The first-order valence-electron chi connectivity index (χ1n) is 6.41. The largest absolute Gasteiger partial charge is 0.425 e. The Bertz CT molecular complexity index is 540. The number of nitroso groups, excluding NO2 is 1. The average molecular weight is 289 g/mol. The number of benzene rings is 1. The lowest BCUT2D eigenvalue weighted by Gasteiger charge is -2.08. The second-order valence-corrected chi connectivity index (χ2v) is 5.36. The third-order valence-corrected chi connectivity index (χ3v) is 3.78. The zero-order valence-electron chi connectivity index (χ0n) is 10.9. The first-order valence-corrected chi connectivity index (χ1v) is 7.29. The normalized spacial score (nSPS) is 11.8. The fourth-order valence-corrected chi connectivity index (χ4v) is 2.56. The predicted octanol–water partition coefficient (Wildman–Crippen LogP) is 3.81. The maximum Gasteiger partial charge on any atom is 0.339 e. The number of ether oxygens (including phenoxy) is 1. The smallest absolute Gasteiger partial charge is 0.339 e. The maximum atomic E-state index is 11.8. The molecule has 0 fully saturated rings. The van der Waals surface area contributed by atoms with Gasteiger partial charge < -0.3 is 4.74 Å². The van der Waals surface area contributed by atoms with Crippen molar-refractivity contribution in [3.05, 3.63) is 57.6 Å². The Hall–Kier alpha value is -2.01. The molecule has 0 aliphatic heterocycles. The summed E-state index contributed by atoms with van der Waals surface area (Å²) in [5, 5.41) is 4.89. The number of esters is 1. The summed E-state index contributed by atoms with van der Waals surface area (Å²) in [5.41, 5.74) is 0. The van der Waals surface area contributed by atoms with E-state index in [-0.39, 0.29) is 0 Å². The Morgan fingerprint density at radius 1 is 1.20 bits per heavy atom. The van der Waals surface area contributed by atoms with Crippen LogP contribution >= 0.6 is 11.3 Å². The molecule has 0 bridgehead atoms. The zero-order valence-corrected chi connectivity index (χ0v) is 11.7. The molecule has 0 aliphatic rings. The predicted molar refractivity (Wildman–Crippen MR) is 78.9 cm³/mol. The van der Waals surface area contributed by atoms with Crippen LogP contribution in [0.1, 0.15) is 17.7 Å². The molecule has 0 aliphatic carbocycles. The number of carbonyl (C=O) groups is 1. The lowest BCUT2D eigenvalue weighted by Crippen LogP contribution is -2.24. The van der Waals surface area contributed by atoms with E-state index in [2.05, 4.69) is 5.18 Å². The van der Waals surface area contributed by atoms with E-state index in [0.29, 0.717) is 12.2 Å². The van der Waals surface area contributed by atoms with E-state index < -0.39 is 12.0 Å². The molecule has 0 amide bonds. The summed E-state index contributed by atoms with van der Waals surface area (Å²) in [6.07, 6.45) is 2.00. The van der Waals surface area contributed by atoms with Crippen molar-refractivity contribution in [2.75, 3.05) is 0 Å². The van der Waals surface area contributed by atoms with Crippen LogP contribution in [-0.2, 0) is 11.2 Å². The summed E-state index contributed by atoms with van der Waals surface area (Å²) in [6, 6.07) is 11.8. The molecule has 1 aromatic carbocycles. The van der Waals surface area contributed by atoms with Crippen LogP contribution in [0.4, 0.5) is 0 Å². The van der Waals surface area contributed by atoms with Gasteiger partial charge >= 0.3 is 5.97 Å². The highest BCUT2D eigenvalue weighted by atomic mass is 32.1. The Morgan fingerprint density at radius 2 is 2.00 bits per heavy atom. The first kappa shape index (κ1) is 14.4. The van der Waals surface area contributed by atoms with Crippen molar-refractivity contribution in [2.45, 2.75) is 25.3 Å². The van der Waals surface area contributed by atoms with E-state index in [1.54, 1.807) is 35.6 Å². The second kappa shape index (κ2) is 7.55. The first-order chi connectivity index (χ1) is 9.79. The monoisotopic (exact) mass is 289 g/mol. The number of aryl methyl sites for hydroxylation is 1. The minimum atomic E-state index is -0.935. The molecule has 1 aromatic heterocycles. The van der Waals surface area contributed by atoms with E-state index in [1.807, 2.05) is 23.6 Å². The molecule has 0 spiro atoms. The van der Waals surface area contributed by atoms with Crippen molar-refractivity contribution in [1.29, 1.82) is 0 Å². The van der Waals surface area contributed by atoms with Gasteiger partial charge in [0, 0.05) is 4.88 Å². The standard InChI is InChI=1S/C15H15NO3S/c17-15(19-12-6-2-1-3-7-12)14(16-18)10-4-8-13-9-5-11-20-13/h1-3,5-7,9,11,14H,4,8,10H2. The van der Waals surface area contributed by atoms with Gasteiger partial charge in [0.2, 0.25) is 0 Å². The van der Waals surface area contributed by atoms with Crippen molar-refractivity contribution < 1.29 is 9.53 Å². The molecule has 4 nitrogen and oxygen atoms in total. The number of thiophene rings is 1. The van der Waals surface area contributed by atoms with Gasteiger partial charge in [0.25, 0.3) is 0 Å². The molecule has 1 unspecified atom stereocenters. The summed E-state index contributed by atoms with van der Waals surface area (Å²) in [5.74, 6) is -0.151. The SMILES string of the molecule is O=NC(CCCc1cccs1)C(=O)Oc1ccccc1. The Kier molecular flexibility index (Phi) is 5.43. The number of rotatable bonds is 7. The Morgan fingerprint density at radius 3 is 2.65 bits per heavy atom. The number of hydrogen-bond acceptors (Lipinski definition) is 5. The van der Waals surface area contributed by atoms with Gasteiger partial charge in [-0.15, -0.1) is 16.2 Å².